The molecule has 134 valence electrons. The van der Waals surface area contributed by atoms with Crippen molar-refractivity contribution in [3.8, 4) is 5.75 Å². The van der Waals surface area contributed by atoms with E-state index < -0.39 is 0 Å². The van der Waals surface area contributed by atoms with Gasteiger partial charge in [0.15, 0.2) is 11.6 Å². The summed E-state index contributed by atoms with van der Waals surface area (Å²) in [6, 6.07) is 7.32. The average molecular weight is 344 g/mol. The smallest absolute Gasteiger partial charge is 0.227 e. The molecule has 1 aliphatic rings. The molecule has 0 aliphatic carbocycles. The summed E-state index contributed by atoms with van der Waals surface area (Å²) >= 11 is 0. The quantitative estimate of drug-likeness (QED) is 0.768. The van der Waals surface area contributed by atoms with Crippen LogP contribution in [0.2, 0.25) is 0 Å². The van der Waals surface area contributed by atoms with Crippen LogP contribution in [0.15, 0.2) is 28.8 Å². The zero-order chi connectivity index (χ0) is 17.6. The van der Waals surface area contributed by atoms with Gasteiger partial charge in [-0.2, -0.15) is 4.98 Å². The summed E-state index contributed by atoms with van der Waals surface area (Å²) < 4.78 is 10.7. The lowest BCUT2D eigenvalue weighted by molar-refractivity contribution is 0.0979. The van der Waals surface area contributed by atoms with Crippen LogP contribution < -0.4 is 10.1 Å². The van der Waals surface area contributed by atoms with E-state index in [9.17, 15) is 4.79 Å². The second-order valence-electron chi connectivity index (χ2n) is 6.13. The summed E-state index contributed by atoms with van der Waals surface area (Å²) in [5.41, 5.74) is 0.666. The summed E-state index contributed by atoms with van der Waals surface area (Å²) in [5, 5.41) is 7.41. The molecule has 7 heteroatoms. The Bertz CT molecular complexity index is 699. The van der Waals surface area contributed by atoms with Crippen molar-refractivity contribution < 1.29 is 14.1 Å². The number of ketones is 1. The Morgan fingerprint density at radius 2 is 2.20 bits per heavy atom. The van der Waals surface area contributed by atoms with E-state index in [1.807, 2.05) is 19.1 Å². The second kappa shape index (κ2) is 8.22. The van der Waals surface area contributed by atoms with Gasteiger partial charge in [0.2, 0.25) is 5.89 Å². The molecule has 0 spiro atoms. The molecule has 1 saturated heterocycles. The largest absolute Gasteiger partial charge is 0.494 e. The summed E-state index contributed by atoms with van der Waals surface area (Å²) in [6.07, 6.45) is 0.789. The van der Waals surface area contributed by atoms with Crippen LogP contribution in [0.4, 0.5) is 0 Å². The zero-order valence-corrected chi connectivity index (χ0v) is 14.7. The molecule has 1 atom stereocenters. The van der Waals surface area contributed by atoms with Crippen LogP contribution in [-0.2, 0) is 6.42 Å². The van der Waals surface area contributed by atoms with Gasteiger partial charge in [0.05, 0.1) is 12.6 Å². The molecule has 25 heavy (non-hydrogen) atoms. The van der Waals surface area contributed by atoms with E-state index in [0.29, 0.717) is 36.7 Å². The first-order valence-electron chi connectivity index (χ1n) is 8.67. The van der Waals surface area contributed by atoms with Crippen LogP contribution in [0.3, 0.4) is 0 Å². The van der Waals surface area contributed by atoms with Crippen molar-refractivity contribution in [2.24, 2.45) is 0 Å². The molecule has 0 radical (unpaired) electrons. The van der Waals surface area contributed by atoms with E-state index >= 15 is 0 Å². The maximum Gasteiger partial charge on any atom is 0.227 e. The normalized spacial score (nSPS) is 18.2. The van der Waals surface area contributed by atoms with Crippen LogP contribution in [-0.4, -0.2) is 54.1 Å². The summed E-state index contributed by atoms with van der Waals surface area (Å²) in [4.78, 5) is 19.0. The highest BCUT2D eigenvalue weighted by molar-refractivity contribution is 5.96. The van der Waals surface area contributed by atoms with Crippen molar-refractivity contribution in [1.29, 1.82) is 0 Å². The molecule has 1 aromatic carbocycles. The standard InChI is InChI=1S/C18H24N4O3/c1-3-24-14-6-4-13(5-7-14)16(23)8-9-17-20-18(21-25-17)15-12-19-10-11-22(15)2/h4-7,15,19H,3,8-12H2,1-2H3. The van der Waals surface area contributed by atoms with Crippen molar-refractivity contribution in [3.63, 3.8) is 0 Å². The predicted molar refractivity (Wildman–Crippen MR) is 92.8 cm³/mol. The van der Waals surface area contributed by atoms with Crippen molar-refractivity contribution in [1.82, 2.24) is 20.4 Å². The molecule has 7 nitrogen and oxygen atoms in total. The second-order valence-corrected chi connectivity index (χ2v) is 6.13. The number of benzene rings is 1. The minimum Gasteiger partial charge on any atom is -0.494 e. The van der Waals surface area contributed by atoms with Crippen LogP contribution in [0, 0.1) is 0 Å². The van der Waals surface area contributed by atoms with E-state index in [4.69, 9.17) is 9.26 Å². The van der Waals surface area contributed by atoms with Crippen LogP contribution in [0.25, 0.3) is 0 Å². The maximum absolute atomic E-state index is 12.3. The zero-order valence-electron chi connectivity index (χ0n) is 14.7. The van der Waals surface area contributed by atoms with E-state index in [2.05, 4.69) is 27.4 Å². The van der Waals surface area contributed by atoms with Crippen molar-refractivity contribution in [2.75, 3.05) is 33.3 Å². The van der Waals surface area contributed by atoms with Gasteiger partial charge in [-0.15, -0.1) is 0 Å². The number of nitrogens with zero attached hydrogens (tertiary/aromatic N) is 3. The highest BCUT2D eigenvalue weighted by Crippen LogP contribution is 2.18. The molecular formula is C18H24N4O3. The maximum atomic E-state index is 12.3. The number of carbonyl (C=O) groups excluding carboxylic acids is 1. The molecule has 1 fully saturated rings. The first-order chi connectivity index (χ1) is 12.2. The first kappa shape index (κ1) is 17.6. The minimum absolute atomic E-state index is 0.0549. The molecule has 0 saturated carbocycles. The molecule has 1 aliphatic heterocycles. The number of piperazine rings is 1. The Morgan fingerprint density at radius 3 is 2.92 bits per heavy atom. The molecule has 1 N–H and O–H groups in total. The lowest BCUT2D eigenvalue weighted by atomic mass is 10.1. The van der Waals surface area contributed by atoms with Gasteiger partial charge < -0.3 is 14.6 Å². The highest BCUT2D eigenvalue weighted by atomic mass is 16.5. The monoisotopic (exact) mass is 344 g/mol. The van der Waals surface area contributed by atoms with Crippen molar-refractivity contribution >= 4 is 5.78 Å². The fourth-order valence-corrected chi connectivity index (χ4v) is 2.87. The molecular weight excluding hydrogens is 320 g/mol. The molecule has 3 rings (SSSR count). The Hall–Kier alpha value is -2.25. The topological polar surface area (TPSA) is 80.5 Å². The number of Topliss-reactive ketones (excluding diaryl/α,β-unsaturated/α-hetero) is 1. The molecule has 0 amide bonds. The number of aromatic nitrogens is 2. The Labute approximate surface area is 147 Å². The molecule has 2 heterocycles. The van der Waals surface area contributed by atoms with Gasteiger partial charge in [-0.1, -0.05) is 5.16 Å². The highest BCUT2D eigenvalue weighted by Gasteiger charge is 2.25. The van der Waals surface area contributed by atoms with E-state index in [1.165, 1.54) is 0 Å². The number of likely N-dealkylation sites (N-methyl/N-ethyl adjacent to an activating group) is 1. The molecule has 0 bridgehead atoms. The van der Waals surface area contributed by atoms with E-state index in [1.54, 1.807) is 12.1 Å². The van der Waals surface area contributed by atoms with Gasteiger partial charge in [-0.25, -0.2) is 0 Å². The van der Waals surface area contributed by atoms with Crippen molar-refractivity contribution in [2.45, 2.75) is 25.8 Å². The fourth-order valence-electron chi connectivity index (χ4n) is 2.87. The fraction of sp³-hybridized carbons (Fsp3) is 0.500. The Morgan fingerprint density at radius 1 is 1.40 bits per heavy atom. The summed E-state index contributed by atoms with van der Waals surface area (Å²) in [7, 11) is 2.05. The molecule has 1 unspecified atom stereocenters. The van der Waals surface area contributed by atoms with Crippen LogP contribution >= 0.6 is 0 Å². The number of nitrogens with one attached hydrogen (secondary N) is 1. The summed E-state index contributed by atoms with van der Waals surface area (Å²) in [6.45, 7) is 5.26. The number of rotatable bonds is 7. The van der Waals surface area contributed by atoms with Gasteiger partial charge >= 0.3 is 0 Å². The van der Waals surface area contributed by atoms with E-state index in [-0.39, 0.29) is 11.8 Å². The predicted octanol–water partition coefficient (Wildman–Crippen LogP) is 1.86. The SMILES string of the molecule is CCOc1ccc(C(=O)CCc2nc(C3CNCCN3C)no2)cc1. The number of carbonyl (C=O) groups is 1. The van der Waals surface area contributed by atoms with E-state index in [0.717, 1.165) is 25.4 Å². The lowest BCUT2D eigenvalue weighted by Crippen LogP contribution is -2.44. The van der Waals surface area contributed by atoms with Gasteiger partial charge in [-0.05, 0) is 38.2 Å². The third-order valence-electron chi connectivity index (χ3n) is 4.35. The summed E-state index contributed by atoms with van der Waals surface area (Å²) in [5.74, 6) is 2.01. The van der Waals surface area contributed by atoms with Gasteiger partial charge in [-0.3, -0.25) is 9.69 Å². The lowest BCUT2D eigenvalue weighted by Gasteiger charge is -2.30. The van der Waals surface area contributed by atoms with Crippen molar-refractivity contribution in [3.05, 3.63) is 41.5 Å². The molecule has 1 aromatic heterocycles. The number of aryl methyl sites for hydroxylation is 1. The number of ether oxygens (including phenoxy) is 1. The molecule has 2 aromatic rings. The first-order valence-corrected chi connectivity index (χ1v) is 8.67. The minimum atomic E-state index is 0.0549. The van der Waals surface area contributed by atoms with Crippen LogP contribution in [0.5, 0.6) is 5.75 Å². The number of hydrogen-bond acceptors (Lipinski definition) is 7. The van der Waals surface area contributed by atoms with Gasteiger partial charge in [0.25, 0.3) is 0 Å². The number of hydrogen-bond donors (Lipinski definition) is 1. The third kappa shape index (κ3) is 4.43. The van der Waals surface area contributed by atoms with Gasteiger partial charge in [0.1, 0.15) is 5.75 Å². The van der Waals surface area contributed by atoms with Gasteiger partial charge in [0, 0.05) is 38.0 Å². The Balaban J connectivity index is 1.55. The average Bonchev–Trinajstić information content (AvgIpc) is 3.10. The van der Waals surface area contributed by atoms with Crippen LogP contribution in [0.1, 0.15) is 41.5 Å². The third-order valence-corrected chi connectivity index (χ3v) is 4.35. The Kier molecular flexibility index (Phi) is 5.78.